The predicted molar refractivity (Wildman–Crippen MR) is 93.3 cm³/mol. The van der Waals surface area contributed by atoms with Gasteiger partial charge in [-0.25, -0.2) is 9.78 Å². The molecular formula is C16H19N3O4S. The zero-order valence-corrected chi connectivity index (χ0v) is 14.2. The van der Waals surface area contributed by atoms with Gasteiger partial charge in [0.15, 0.2) is 0 Å². The molecule has 24 heavy (non-hydrogen) atoms. The summed E-state index contributed by atoms with van der Waals surface area (Å²) >= 11 is 1.50. The number of nitrogens with zero attached hydrogens (tertiary/aromatic N) is 2. The second-order valence-electron chi connectivity index (χ2n) is 5.33. The number of hydrogen-bond acceptors (Lipinski definition) is 5. The molecule has 0 spiro atoms. The van der Waals surface area contributed by atoms with Gasteiger partial charge in [-0.2, -0.15) is 11.8 Å². The molecule has 2 atom stereocenters. The first-order valence-electron chi connectivity index (χ1n) is 7.43. The Labute approximate surface area is 143 Å². The molecule has 0 aliphatic rings. The fourth-order valence-electron chi connectivity index (χ4n) is 2.27. The third-order valence-electron chi connectivity index (χ3n) is 3.71. The molecule has 0 aliphatic carbocycles. The van der Waals surface area contributed by atoms with E-state index in [1.807, 2.05) is 6.26 Å². The number of carboxylic acid groups (broad SMARTS) is 1. The first kappa shape index (κ1) is 18.0. The van der Waals surface area contributed by atoms with E-state index in [0.717, 1.165) is 0 Å². The van der Waals surface area contributed by atoms with Crippen LogP contribution in [0.15, 0.2) is 35.4 Å². The molecule has 0 radical (unpaired) electrons. The van der Waals surface area contributed by atoms with Crippen molar-refractivity contribution in [3.05, 3.63) is 40.9 Å². The summed E-state index contributed by atoms with van der Waals surface area (Å²) in [5, 5.41) is 12.1. The molecule has 0 bridgehead atoms. The van der Waals surface area contributed by atoms with Gasteiger partial charge in [-0.3, -0.25) is 14.2 Å². The summed E-state index contributed by atoms with van der Waals surface area (Å²) in [6.45, 7) is 1.54. The normalized spacial score (nSPS) is 13.4. The first-order chi connectivity index (χ1) is 11.5. The van der Waals surface area contributed by atoms with Crippen molar-refractivity contribution in [1.82, 2.24) is 14.9 Å². The van der Waals surface area contributed by atoms with Crippen LogP contribution in [0.25, 0.3) is 10.9 Å². The van der Waals surface area contributed by atoms with Crippen LogP contribution in [0.2, 0.25) is 0 Å². The molecule has 2 N–H and O–H groups in total. The van der Waals surface area contributed by atoms with Crippen molar-refractivity contribution in [2.45, 2.75) is 25.4 Å². The van der Waals surface area contributed by atoms with Crippen LogP contribution in [-0.4, -0.2) is 44.6 Å². The quantitative estimate of drug-likeness (QED) is 0.781. The van der Waals surface area contributed by atoms with Gasteiger partial charge in [-0.05, 0) is 37.5 Å². The molecule has 1 heterocycles. The number of thioether (sulfide) groups is 1. The molecule has 7 nitrogen and oxygen atoms in total. The molecule has 2 rings (SSSR count). The van der Waals surface area contributed by atoms with Crippen LogP contribution in [0.1, 0.15) is 19.4 Å². The molecule has 8 heteroatoms. The number of benzene rings is 1. The Kier molecular flexibility index (Phi) is 5.97. The highest BCUT2D eigenvalue weighted by molar-refractivity contribution is 7.98. The van der Waals surface area contributed by atoms with Gasteiger partial charge < -0.3 is 10.4 Å². The Hall–Kier alpha value is -2.35. The van der Waals surface area contributed by atoms with Gasteiger partial charge in [-0.1, -0.05) is 12.1 Å². The molecular weight excluding hydrogens is 330 g/mol. The number of aromatic nitrogens is 2. The summed E-state index contributed by atoms with van der Waals surface area (Å²) in [4.78, 5) is 40.2. The fraction of sp³-hybridized carbons (Fsp3) is 0.375. The maximum Gasteiger partial charge on any atom is 0.326 e. The first-order valence-corrected chi connectivity index (χ1v) is 8.83. The van der Waals surface area contributed by atoms with E-state index in [0.29, 0.717) is 23.1 Å². The lowest BCUT2D eigenvalue weighted by Crippen LogP contribution is -2.45. The van der Waals surface area contributed by atoms with E-state index in [1.165, 1.54) is 22.7 Å². The molecule has 2 aromatic rings. The van der Waals surface area contributed by atoms with Crippen LogP contribution >= 0.6 is 11.8 Å². The number of rotatable bonds is 7. The van der Waals surface area contributed by atoms with Crippen molar-refractivity contribution in [2.24, 2.45) is 0 Å². The number of para-hydroxylation sites is 1. The van der Waals surface area contributed by atoms with Crippen LogP contribution in [0.3, 0.4) is 0 Å². The monoisotopic (exact) mass is 349 g/mol. The summed E-state index contributed by atoms with van der Waals surface area (Å²) in [6.07, 6.45) is 3.50. The van der Waals surface area contributed by atoms with Crippen LogP contribution in [0.4, 0.5) is 0 Å². The maximum atomic E-state index is 12.5. The Morgan fingerprint density at radius 3 is 2.75 bits per heavy atom. The highest BCUT2D eigenvalue weighted by atomic mass is 32.2. The summed E-state index contributed by atoms with van der Waals surface area (Å²) in [5.74, 6) is -1.00. The molecule has 0 unspecified atom stereocenters. The highest BCUT2D eigenvalue weighted by Crippen LogP contribution is 2.09. The van der Waals surface area contributed by atoms with Crippen molar-refractivity contribution in [3.8, 4) is 0 Å². The molecule has 0 fully saturated rings. The van der Waals surface area contributed by atoms with E-state index in [9.17, 15) is 19.5 Å². The zero-order chi connectivity index (χ0) is 17.7. The standard InChI is InChI=1S/C16H19N3O4S/c1-10(14(20)18-13(16(22)23)7-8-24-2)19-9-17-12-6-4-3-5-11(12)15(19)21/h3-6,9-10,13H,7-8H2,1-2H3,(H,18,20)(H,22,23)/t10-,13-/m0/s1. The number of carboxylic acids is 1. The van der Waals surface area contributed by atoms with Crippen molar-refractivity contribution < 1.29 is 14.7 Å². The van der Waals surface area contributed by atoms with Crippen LogP contribution in [0.5, 0.6) is 0 Å². The Morgan fingerprint density at radius 2 is 2.08 bits per heavy atom. The number of aliphatic carboxylic acids is 1. The lowest BCUT2D eigenvalue weighted by atomic mass is 10.2. The molecule has 0 saturated carbocycles. The molecule has 0 saturated heterocycles. The van der Waals surface area contributed by atoms with Gasteiger partial charge in [0.1, 0.15) is 12.1 Å². The van der Waals surface area contributed by atoms with E-state index in [2.05, 4.69) is 10.3 Å². The molecule has 1 aromatic heterocycles. The van der Waals surface area contributed by atoms with Crippen molar-refractivity contribution >= 4 is 34.5 Å². The minimum absolute atomic E-state index is 0.319. The van der Waals surface area contributed by atoms with Gasteiger partial charge in [0.25, 0.3) is 5.56 Å². The summed E-state index contributed by atoms with van der Waals surface area (Å²) in [5.41, 5.74) is 0.217. The lowest BCUT2D eigenvalue weighted by molar-refractivity contribution is -0.142. The van der Waals surface area contributed by atoms with Gasteiger partial charge in [0, 0.05) is 0 Å². The van der Waals surface area contributed by atoms with Crippen LogP contribution < -0.4 is 10.9 Å². The van der Waals surface area contributed by atoms with Crippen LogP contribution in [0, 0.1) is 0 Å². The van der Waals surface area contributed by atoms with Crippen molar-refractivity contribution in [2.75, 3.05) is 12.0 Å². The average molecular weight is 349 g/mol. The summed E-state index contributed by atoms with van der Waals surface area (Å²) in [7, 11) is 0. The minimum atomic E-state index is -1.09. The molecule has 1 amide bonds. The second-order valence-corrected chi connectivity index (χ2v) is 6.32. The average Bonchev–Trinajstić information content (AvgIpc) is 2.58. The predicted octanol–water partition coefficient (Wildman–Crippen LogP) is 1.28. The molecule has 0 aliphatic heterocycles. The second kappa shape index (κ2) is 7.96. The SMILES string of the molecule is CSCC[C@H](NC(=O)[C@H](C)n1cnc2ccccc2c1=O)C(=O)O. The Balaban J connectivity index is 2.23. The number of amides is 1. The smallest absolute Gasteiger partial charge is 0.326 e. The van der Waals surface area contributed by atoms with E-state index >= 15 is 0 Å². The largest absolute Gasteiger partial charge is 0.480 e. The van der Waals surface area contributed by atoms with E-state index < -0.39 is 24.0 Å². The number of carbonyl (C=O) groups excluding carboxylic acids is 1. The van der Waals surface area contributed by atoms with Crippen molar-refractivity contribution in [1.29, 1.82) is 0 Å². The van der Waals surface area contributed by atoms with E-state index in [4.69, 9.17) is 0 Å². The third kappa shape index (κ3) is 3.94. The Morgan fingerprint density at radius 1 is 1.38 bits per heavy atom. The maximum absolute atomic E-state index is 12.5. The van der Waals surface area contributed by atoms with Gasteiger partial charge >= 0.3 is 5.97 Å². The molecule has 128 valence electrons. The van der Waals surface area contributed by atoms with Crippen LogP contribution in [-0.2, 0) is 9.59 Å². The number of hydrogen-bond donors (Lipinski definition) is 2. The van der Waals surface area contributed by atoms with Crippen molar-refractivity contribution in [3.63, 3.8) is 0 Å². The third-order valence-corrected chi connectivity index (χ3v) is 4.36. The van der Waals surface area contributed by atoms with E-state index in [-0.39, 0.29) is 5.56 Å². The lowest BCUT2D eigenvalue weighted by Gasteiger charge is -2.19. The van der Waals surface area contributed by atoms with Gasteiger partial charge in [-0.15, -0.1) is 0 Å². The Bertz CT molecular complexity index is 805. The highest BCUT2D eigenvalue weighted by Gasteiger charge is 2.24. The topological polar surface area (TPSA) is 101 Å². The summed E-state index contributed by atoms with van der Waals surface area (Å²) in [6, 6.07) is 5.03. The van der Waals surface area contributed by atoms with E-state index in [1.54, 1.807) is 31.2 Å². The number of nitrogens with one attached hydrogen (secondary N) is 1. The minimum Gasteiger partial charge on any atom is -0.480 e. The fourth-order valence-corrected chi connectivity index (χ4v) is 2.74. The zero-order valence-electron chi connectivity index (χ0n) is 13.4. The summed E-state index contributed by atoms with van der Waals surface area (Å²) < 4.78 is 1.21. The van der Waals surface area contributed by atoms with Gasteiger partial charge in [0.05, 0.1) is 17.2 Å². The van der Waals surface area contributed by atoms with Gasteiger partial charge in [0.2, 0.25) is 5.91 Å². The number of carbonyl (C=O) groups is 2. The number of fused-ring (bicyclic) bond motifs is 1. The molecule has 1 aromatic carbocycles.